The third-order valence-electron chi connectivity index (χ3n) is 5.28. The van der Waals surface area contributed by atoms with E-state index in [1.165, 1.54) is 30.5 Å². The van der Waals surface area contributed by atoms with Crippen LogP contribution in [0.15, 0.2) is 58.5 Å². The summed E-state index contributed by atoms with van der Waals surface area (Å²) < 4.78 is 40.5. The lowest BCUT2D eigenvalue weighted by atomic mass is 9.98. The lowest BCUT2D eigenvalue weighted by molar-refractivity contribution is 0.437. The van der Waals surface area contributed by atoms with Crippen molar-refractivity contribution in [3.05, 3.63) is 59.5 Å². The van der Waals surface area contributed by atoms with Gasteiger partial charge in [-0.15, -0.1) is 0 Å². The van der Waals surface area contributed by atoms with Crippen LogP contribution < -0.4 is 4.90 Å². The summed E-state index contributed by atoms with van der Waals surface area (Å²) in [5, 5.41) is 1.11. The van der Waals surface area contributed by atoms with Crippen molar-refractivity contribution >= 4 is 38.0 Å². The average molecular weight is 419 g/mol. The number of nitrogens with zero attached hydrogens (tertiary/aromatic N) is 2. The van der Waals surface area contributed by atoms with Gasteiger partial charge >= 0.3 is 0 Å². The van der Waals surface area contributed by atoms with Crippen LogP contribution in [0.5, 0.6) is 0 Å². The Labute approximate surface area is 168 Å². The van der Waals surface area contributed by atoms with Crippen LogP contribution in [0.3, 0.4) is 0 Å². The van der Waals surface area contributed by atoms with E-state index in [2.05, 4.69) is 16.8 Å². The predicted octanol–water partition coefficient (Wildman–Crippen LogP) is 5.10. The molecule has 0 aliphatic carbocycles. The molecule has 1 aromatic heterocycles. The Hall–Kier alpha value is -2.18. The Morgan fingerprint density at radius 1 is 1.11 bits per heavy atom. The molecule has 1 aliphatic rings. The Morgan fingerprint density at radius 3 is 2.46 bits per heavy atom. The summed E-state index contributed by atoms with van der Waals surface area (Å²) >= 11 is 5.92. The monoisotopic (exact) mass is 418 g/mol. The molecule has 4 nitrogen and oxygen atoms in total. The fourth-order valence-corrected chi connectivity index (χ4v) is 5.19. The molecule has 0 radical (unpaired) electrons. The fraction of sp³-hybridized carbons (Fsp3) is 0.286. The van der Waals surface area contributed by atoms with E-state index in [0.717, 1.165) is 25.9 Å². The predicted molar refractivity (Wildman–Crippen MR) is 109 cm³/mol. The summed E-state index contributed by atoms with van der Waals surface area (Å²) in [6.07, 6.45) is 3.30. The van der Waals surface area contributed by atoms with E-state index in [1.807, 2.05) is 0 Å². The summed E-state index contributed by atoms with van der Waals surface area (Å²) in [5.74, 6) is 0.199. The van der Waals surface area contributed by atoms with E-state index in [9.17, 15) is 12.8 Å². The van der Waals surface area contributed by atoms with Crippen LogP contribution in [-0.4, -0.2) is 26.5 Å². The maximum Gasteiger partial charge on any atom is 0.210 e. The Kier molecular flexibility index (Phi) is 5.02. The van der Waals surface area contributed by atoms with Gasteiger partial charge in [0.05, 0.1) is 16.1 Å². The summed E-state index contributed by atoms with van der Waals surface area (Å²) in [7, 11) is -3.81. The summed E-state index contributed by atoms with van der Waals surface area (Å²) in [6.45, 7) is 3.70. The van der Waals surface area contributed by atoms with Crippen LogP contribution in [-0.2, 0) is 9.84 Å². The summed E-state index contributed by atoms with van der Waals surface area (Å²) in [5.41, 5.74) is 1.05. The fourth-order valence-electron chi connectivity index (χ4n) is 3.63. The molecule has 2 aromatic carbocycles. The molecule has 0 spiro atoms. The Balaban J connectivity index is 1.93. The van der Waals surface area contributed by atoms with E-state index in [-0.39, 0.29) is 9.79 Å². The van der Waals surface area contributed by atoms with Crippen molar-refractivity contribution in [2.75, 3.05) is 18.0 Å². The largest absolute Gasteiger partial charge is 0.370 e. The molecule has 0 N–H and O–H groups in total. The number of benzene rings is 2. The summed E-state index contributed by atoms with van der Waals surface area (Å²) in [6, 6.07) is 10.4. The van der Waals surface area contributed by atoms with Crippen LogP contribution in [0.4, 0.5) is 10.1 Å². The topological polar surface area (TPSA) is 50.3 Å². The van der Waals surface area contributed by atoms with Gasteiger partial charge in [-0.3, -0.25) is 4.98 Å². The third kappa shape index (κ3) is 3.47. The van der Waals surface area contributed by atoms with Crippen molar-refractivity contribution in [2.24, 2.45) is 5.92 Å². The molecule has 0 saturated carbocycles. The van der Waals surface area contributed by atoms with Crippen LogP contribution in [0.25, 0.3) is 10.9 Å². The number of aromatic nitrogens is 1. The molecule has 0 amide bonds. The average Bonchev–Trinajstić information content (AvgIpc) is 2.68. The molecule has 4 rings (SSSR count). The Bertz CT molecular complexity index is 1130. The first-order valence-electron chi connectivity index (χ1n) is 9.20. The van der Waals surface area contributed by atoms with Gasteiger partial charge in [-0.1, -0.05) is 18.5 Å². The number of sulfone groups is 1. The van der Waals surface area contributed by atoms with E-state index >= 15 is 0 Å². The third-order valence-corrected chi connectivity index (χ3v) is 7.31. The van der Waals surface area contributed by atoms with Crippen molar-refractivity contribution in [3.8, 4) is 0 Å². The first-order valence-corrected chi connectivity index (χ1v) is 11.1. The maximum atomic E-state index is 13.7. The molecule has 28 heavy (non-hydrogen) atoms. The van der Waals surface area contributed by atoms with E-state index in [4.69, 9.17) is 11.6 Å². The first-order chi connectivity index (χ1) is 13.4. The van der Waals surface area contributed by atoms with Crippen molar-refractivity contribution in [1.82, 2.24) is 4.98 Å². The molecule has 1 aliphatic heterocycles. The van der Waals surface area contributed by atoms with Gasteiger partial charge in [0.25, 0.3) is 0 Å². The van der Waals surface area contributed by atoms with Gasteiger partial charge in [0.15, 0.2) is 0 Å². The highest BCUT2D eigenvalue weighted by Crippen LogP contribution is 2.38. The molecule has 146 valence electrons. The number of pyridine rings is 1. The molecule has 0 bridgehead atoms. The molecule has 0 atom stereocenters. The van der Waals surface area contributed by atoms with Crippen LogP contribution in [0.1, 0.15) is 19.8 Å². The van der Waals surface area contributed by atoms with E-state index in [0.29, 0.717) is 27.5 Å². The standard InChI is InChI=1S/C21H20ClFN2O2S/c1-14-8-10-25(11-9-14)21-18-7-4-16(23)12-19(18)24-13-20(21)28(26,27)17-5-2-15(22)3-6-17/h2-7,12-14H,8-11H2,1H3. The number of anilines is 1. The van der Waals surface area contributed by atoms with E-state index < -0.39 is 15.7 Å². The zero-order valence-corrected chi connectivity index (χ0v) is 17.0. The normalized spacial score (nSPS) is 15.9. The molecule has 7 heteroatoms. The van der Waals surface area contributed by atoms with Crippen LogP contribution in [0, 0.1) is 11.7 Å². The van der Waals surface area contributed by atoms with Gasteiger partial charge in [0.2, 0.25) is 9.84 Å². The molecular weight excluding hydrogens is 399 g/mol. The van der Waals surface area contributed by atoms with Gasteiger partial charge in [-0.05, 0) is 55.2 Å². The van der Waals surface area contributed by atoms with Gasteiger partial charge in [-0.25, -0.2) is 12.8 Å². The van der Waals surface area contributed by atoms with E-state index in [1.54, 1.807) is 18.2 Å². The molecule has 1 saturated heterocycles. The number of hydrogen-bond acceptors (Lipinski definition) is 4. The molecule has 3 aromatic rings. The highest BCUT2D eigenvalue weighted by molar-refractivity contribution is 7.91. The maximum absolute atomic E-state index is 13.7. The second kappa shape index (κ2) is 7.33. The lowest BCUT2D eigenvalue weighted by Crippen LogP contribution is -2.34. The first kappa shape index (κ1) is 19.2. The molecular formula is C21H20ClFN2O2S. The minimum Gasteiger partial charge on any atom is -0.370 e. The van der Waals surface area contributed by atoms with Gasteiger partial charge in [-0.2, -0.15) is 0 Å². The molecule has 2 heterocycles. The molecule has 1 fully saturated rings. The van der Waals surface area contributed by atoms with Crippen molar-refractivity contribution in [3.63, 3.8) is 0 Å². The number of halogens is 2. The highest BCUT2D eigenvalue weighted by atomic mass is 35.5. The quantitative estimate of drug-likeness (QED) is 0.594. The smallest absolute Gasteiger partial charge is 0.210 e. The molecule has 0 unspecified atom stereocenters. The minimum absolute atomic E-state index is 0.142. The zero-order chi connectivity index (χ0) is 19.9. The highest BCUT2D eigenvalue weighted by Gasteiger charge is 2.28. The van der Waals surface area contributed by atoms with Gasteiger partial charge in [0, 0.05) is 35.8 Å². The van der Waals surface area contributed by atoms with Crippen molar-refractivity contribution in [1.29, 1.82) is 0 Å². The van der Waals surface area contributed by atoms with Crippen molar-refractivity contribution in [2.45, 2.75) is 29.6 Å². The zero-order valence-electron chi connectivity index (χ0n) is 15.4. The second-order valence-electron chi connectivity index (χ2n) is 7.26. The number of rotatable bonds is 3. The SMILES string of the molecule is CC1CCN(c2c(S(=O)(=O)c3ccc(Cl)cc3)cnc3cc(F)ccc23)CC1. The minimum atomic E-state index is -3.81. The van der Waals surface area contributed by atoms with Gasteiger partial charge in [0.1, 0.15) is 10.7 Å². The second-order valence-corrected chi connectivity index (χ2v) is 9.61. The van der Waals surface area contributed by atoms with Gasteiger partial charge < -0.3 is 4.90 Å². The Morgan fingerprint density at radius 2 is 1.79 bits per heavy atom. The number of hydrogen-bond donors (Lipinski definition) is 0. The van der Waals surface area contributed by atoms with Crippen LogP contribution >= 0.6 is 11.6 Å². The number of piperidine rings is 1. The lowest BCUT2D eigenvalue weighted by Gasteiger charge is -2.34. The number of fused-ring (bicyclic) bond motifs is 1. The van der Waals surface area contributed by atoms with Crippen molar-refractivity contribution < 1.29 is 12.8 Å². The van der Waals surface area contributed by atoms with Crippen LogP contribution in [0.2, 0.25) is 5.02 Å². The summed E-state index contributed by atoms with van der Waals surface area (Å²) in [4.78, 5) is 6.64.